The fraction of sp³-hybridized carbons (Fsp3) is 0.231. The first kappa shape index (κ1) is 14.5. The van der Waals surface area contributed by atoms with Crippen LogP contribution >= 0.6 is 35.3 Å². The van der Waals surface area contributed by atoms with Gasteiger partial charge in [0.15, 0.2) is 0 Å². The molecular weight excluding hydrogens is 273 g/mol. The van der Waals surface area contributed by atoms with Gasteiger partial charge in [-0.15, -0.1) is 12.4 Å². The summed E-state index contributed by atoms with van der Waals surface area (Å²) in [5.41, 5.74) is 2.56. The topological polar surface area (TPSA) is 12.0 Å². The molecule has 0 amide bonds. The Kier molecular flexibility index (Phi) is 6.60. The molecule has 0 aliphatic rings. The molecule has 1 N–H and O–H groups in total. The van der Waals surface area contributed by atoms with Crippen molar-refractivity contribution >= 4 is 35.3 Å². The molecule has 0 bridgehead atoms. The summed E-state index contributed by atoms with van der Waals surface area (Å²) in [6, 6.07) is 10.1. The number of rotatable bonds is 5. The van der Waals surface area contributed by atoms with E-state index in [0.717, 1.165) is 30.1 Å². The second kappa shape index (κ2) is 7.72. The van der Waals surface area contributed by atoms with Crippen LogP contribution in [0, 0.1) is 0 Å². The predicted molar refractivity (Wildman–Crippen MR) is 78.4 cm³/mol. The van der Waals surface area contributed by atoms with Gasteiger partial charge < -0.3 is 5.32 Å². The summed E-state index contributed by atoms with van der Waals surface area (Å²) in [7, 11) is 0. The molecule has 0 saturated heterocycles. The van der Waals surface area contributed by atoms with Gasteiger partial charge in [0.2, 0.25) is 0 Å². The minimum Gasteiger partial charge on any atom is -0.312 e. The molecule has 17 heavy (non-hydrogen) atoms. The van der Waals surface area contributed by atoms with Crippen molar-refractivity contribution in [1.82, 2.24) is 5.32 Å². The molecule has 1 aromatic heterocycles. The molecule has 92 valence electrons. The minimum atomic E-state index is 0. The fourth-order valence-corrected chi connectivity index (χ4v) is 2.44. The van der Waals surface area contributed by atoms with E-state index in [-0.39, 0.29) is 12.4 Å². The Morgan fingerprint density at radius 3 is 2.71 bits per heavy atom. The van der Waals surface area contributed by atoms with Gasteiger partial charge in [-0.05, 0) is 47.0 Å². The Bertz CT molecular complexity index is 429. The molecule has 0 aliphatic carbocycles. The van der Waals surface area contributed by atoms with E-state index in [1.54, 1.807) is 11.3 Å². The lowest BCUT2D eigenvalue weighted by molar-refractivity contribution is 0.688. The van der Waals surface area contributed by atoms with Crippen molar-refractivity contribution in [3.05, 3.63) is 57.2 Å². The van der Waals surface area contributed by atoms with Crippen LogP contribution in [-0.2, 0) is 13.0 Å². The number of halogens is 2. The summed E-state index contributed by atoms with van der Waals surface area (Å²) in [6.07, 6.45) is 1.08. The van der Waals surface area contributed by atoms with Gasteiger partial charge in [-0.2, -0.15) is 11.3 Å². The van der Waals surface area contributed by atoms with Crippen LogP contribution in [0.3, 0.4) is 0 Å². The zero-order valence-corrected chi connectivity index (χ0v) is 11.7. The number of nitrogens with one attached hydrogen (secondary N) is 1. The first-order valence-electron chi connectivity index (χ1n) is 5.31. The number of hydrogen-bond acceptors (Lipinski definition) is 2. The third-order valence-corrected chi connectivity index (χ3v) is 3.54. The van der Waals surface area contributed by atoms with Gasteiger partial charge in [0.25, 0.3) is 0 Å². The van der Waals surface area contributed by atoms with E-state index < -0.39 is 0 Å². The van der Waals surface area contributed by atoms with E-state index in [4.69, 9.17) is 11.6 Å². The van der Waals surface area contributed by atoms with Crippen molar-refractivity contribution in [2.75, 3.05) is 6.54 Å². The average Bonchev–Trinajstić information content (AvgIpc) is 2.79. The van der Waals surface area contributed by atoms with Crippen LogP contribution in [0.5, 0.6) is 0 Å². The second-order valence-electron chi connectivity index (χ2n) is 3.65. The third-order valence-electron chi connectivity index (χ3n) is 2.44. The highest BCUT2D eigenvalue weighted by molar-refractivity contribution is 7.07. The maximum atomic E-state index is 6.06. The van der Waals surface area contributed by atoms with Crippen LogP contribution in [0.2, 0.25) is 5.02 Å². The Morgan fingerprint density at radius 1 is 1.18 bits per heavy atom. The van der Waals surface area contributed by atoms with Gasteiger partial charge in [0.1, 0.15) is 0 Å². The molecule has 0 fully saturated rings. The summed E-state index contributed by atoms with van der Waals surface area (Å²) in [5, 5.41) is 8.55. The van der Waals surface area contributed by atoms with Crippen molar-refractivity contribution in [3.8, 4) is 0 Å². The highest BCUT2D eigenvalue weighted by atomic mass is 35.5. The lowest BCUT2D eigenvalue weighted by atomic mass is 10.2. The Hall–Kier alpha value is -0.540. The van der Waals surface area contributed by atoms with E-state index in [1.165, 1.54) is 5.56 Å². The Labute approximate surface area is 117 Å². The van der Waals surface area contributed by atoms with Gasteiger partial charge in [-0.1, -0.05) is 29.8 Å². The van der Waals surface area contributed by atoms with E-state index in [1.807, 2.05) is 18.2 Å². The summed E-state index contributed by atoms with van der Waals surface area (Å²) in [6.45, 7) is 1.83. The number of thiophene rings is 1. The predicted octanol–water partition coefficient (Wildman–Crippen LogP) is 4.16. The van der Waals surface area contributed by atoms with Crippen LogP contribution < -0.4 is 5.32 Å². The molecule has 2 aromatic rings. The molecular formula is C13H15Cl2NS. The van der Waals surface area contributed by atoms with Crippen LogP contribution in [0.1, 0.15) is 11.1 Å². The van der Waals surface area contributed by atoms with Crippen molar-refractivity contribution < 1.29 is 0 Å². The largest absolute Gasteiger partial charge is 0.312 e. The Balaban J connectivity index is 0.00000144. The van der Waals surface area contributed by atoms with Crippen molar-refractivity contribution in [2.45, 2.75) is 13.0 Å². The lowest BCUT2D eigenvalue weighted by Gasteiger charge is -2.05. The van der Waals surface area contributed by atoms with Crippen LogP contribution in [-0.4, -0.2) is 6.54 Å². The first-order chi connectivity index (χ1) is 7.86. The van der Waals surface area contributed by atoms with E-state index in [2.05, 4.69) is 28.2 Å². The molecule has 0 atom stereocenters. The maximum absolute atomic E-state index is 6.06. The summed E-state index contributed by atoms with van der Waals surface area (Å²) in [5.74, 6) is 0. The van der Waals surface area contributed by atoms with Gasteiger partial charge in [0, 0.05) is 11.6 Å². The monoisotopic (exact) mass is 287 g/mol. The van der Waals surface area contributed by atoms with E-state index >= 15 is 0 Å². The molecule has 0 spiro atoms. The summed E-state index contributed by atoms with van der Waals surface area (Å²) in [4.78, 5) is 0. The quantitative estimate of drug-likeness (QED) is 0.815. The van der Waals surface area contributed by atoms with Crippen LogP contribution in [0.25, 0.3) is 0 Å². The molecule has 1 nitrogen and oxygen atoms in total. The van der Waals surface area contributed by atoms with Crippen molar-refractivity contribution in [1.29, 1.82) is 0 Å². The highest BCUT2D eigenvalue weighted by Crippen LogP contribution is 2.14. The van der Waals surface area contributed by atoms with Gasteiger partial charge in [0.05, 0.1) is 0 Å². The normalized spacial score (nSPS) is 9.94. The lowest BCUT2D eigenvalue weighted by Crippen LogP contribution is -2.16. The van der Waals surface area contributed by atoms with Gasteiger partial charge in [-0.3, -0.25) is 0 Å². The molecule has 0 saturated carbocycles. The standard InChI is InChI=1S/C13H14ClNS.ClH/c14-13-4-2-1-3-12(13)9-15-7-5-11-6-8-16-10-11;/h1-4,6,8,10,15H,5,7,9H2;1H. The van der Waals surface area contributed by atoms with E-state index in [9.17, 15) is 0 Å². The SMILES string of the molecule is Cl.Clc1ccccc1CNCCc1ccsc1. The molecule has 2 rings (SSSR count). The molecule has 0 aliphatic heterocycles. The van der Waals surface area contributed by atoms with Gasteiger partial charge >= 0.3 is 0 Å². The molecule has 4 heteroatoms. The fourth-order valence-electron chi connectivity index (χ4n) is 1.53. The second-order valence-corrected chi connectivity index (χ2v) is 4.84. The number of hydrogen-bond donors (Lipinski definition) is 1. The maximum Gasteiger partial charge on any atom is 0.0450 e. The zero-order valence-electron chi connectivity index (χ0n) is 9.36. The van der Waals surface area contributed by atoms with E-state index in [0.29, 0.717) is 0 Å². The average molecular weight is 288 g/mol. The van der Waals surface area contributed by atoms with Crippen molar-refractivity contribution in [3.63, 3.8) is 0 Å². The van der Waals surface area contributed by atoms with Crippen LogP contribution in [0.15, 0.2) is 41.1 Å². The first-order valence-corrected chi connectivity index (χ1v) is 6.63. The molecule has 0 unspecified atom stereocenters. The smallest absolute Gasteiger partial charge is 0.0450 e. The highest BCUT2D eigenvalue weighted by Gasteiger charge is 1.98. The van der Waals surface area contributed by atoms with Crippen molar-refractivity contribution in [2.24, 2.45) is 0 Å². The number of benzene rings is 1. The molecule has 0 radical (unpaired) electrons. The minimum absolute atomic E-state index is 0. The van der Waals surface area contributed by atoms with Crippen LogP contribution in [0.4, 0.5) is 0 Å². The molecule has 1 aromatic carbocycles. The third kappa shape index (κ3) is 4.68. The summed E-state index contributed by atoms with van der Waals surface area (Å²) < 4.78 is 0. The van der Waals surface area contributed by atoms with Gasteiger partial charge in [-0.25, -0.2) is 0 Å². The summed E-state index contributed by atoms with van der Waals surface area (Å²) >= 11 is 7.81. The zero-order chi connectivity index (χ0) is 11.2. The molecule has 1 heterocycles. The Morgan fingerprint density at radius 2 is 2.00 bits per heavy atom.